The van der Waals surface area contributed by atoms with Gasteiger partial charge in [-0.3, -0.25) is 4.79 Å². The third kappa shape index (κ3) is 3.74. The first-order valence-electron chi connectivity index (χ1n) is 8.80. The largest absolute Gasteiger partial charge is 0.377 e. The minimum absolute atomic E-state index is 0.0178. The first-order valence-corrected chi connectivity index (χ1v) is 8.80. The van der Waals surface area contributed by atoms with Crippen molar-refractivity contribution in [2.75, 3.05) is 6.61 Å². The van der Waals surface area contributed by atoms with Crippen LogP contribution in [0.5, 0.6) is 0 Å². The molecule has 1 saturated heterocycles. The quantitative estimate of drug-likeness (QED) is 0.907. The van der Waals surface area contributed by atoms with Gasteiger partial charge in [0.25, 0.3) is 0 Å². The molecule has 1 aromatic carbocycles. The number of ether oxygens (including phenoxy) is 1. The van der Waals surface area contributed by atoms with Crippen molar-refractivity contribution in [3.8, 4) is 5.69 Å². The summed E-state index contributed by atoms with van der Waals surface area (Å²) in [6.07, 6.45) is 2.61. The maximum Gasteiger partial charge on any atom is 0.226 e. The van der Waals surface area contributed by atoms with Gasteiger partial charge in [-0.15, -0.1) is 5.10 Å². The van der Waals surface area contributed by atoms with Crippen LogP contribution in [-0.2, 0) is 15.1 Å². The Morgan fingerprint density at radius 2 is 2.04 bits per heavy atom. The molecule has 25 heavy (non-hydrogen) atoms. The Kier molecular flexibility index (Phi) is 4.90. The van der Waals surface area contributed by atoms with Crippen LogP contribution in [0.15, 0.2) is 36.5 Å². The highest BCUT2D eigenvalue weighted by Gasteiger charge is 2.38. The van der Waals surface area contributed by atoms with E-state index in [2.05, 4.69) is 29.5 Å². The maximum absolute atomic E-state index is 12.8. The first-order chi connectivity index (χ1) is 11.9. The van der Waals surface area contributed by atoms with Crippen LogP contribution in [0, 0.1) is 11.8 Å². The van der Waals surface area contributed by atoms with Gasteiger partial charge >= 0.3 is 0 Å². The number of benzene rings is 1. The van der Waals surface area contributed by atoms with E-state index in [4.69, 9.17) is 4.74 Å². The van der Waals surface area contributed by atoms with Crippen LogP contribution < -0.4 is 5.32 Å². The lowest BCUT2D eigenvalue weighted by atomic mass is 9.90. The molecule has 2 atom stereocenters. The van der Waals surface area contributed by atoms with Gasteiger partial charge in [-0.05, 0) is 38.3 Å². The Bertz CT molecular complexity index is 724. The van der Waals surface area contributed by atoms with Gasteiger partial charge in [0.05, 0.1) is 29.4 Å². The minimum atomic E-state index is -0.603. The van der Waals surface area contributed by atoms with Crippen LogP contribution in [0.4, 0.5) is 0 Å². The molecule has 0 unspecified atom stereocenters. The van der Waals surface area contributed by atoms with Gasteiger partial charge in [-0.2, -0.15) is 0 Å². The van der Waals surface area contributed by atoms with E-state index in [0.717, 1.165) is 17.8 Å². The van der Waals surface area contributed by atoms with Crippen molar-refractivity contribution in [3.05, 3.63) is 42.2 Å². The van der Waals surface area contributed by atoms with Gasteiger partial charge in [0, 0.05) is 6.61 Å². The van der Waals surface area contributed by atoms with E-state index >= 15 is 0 Å². The van der Waals surface area contributed by atoms with Gasteiger partial charge in [0.15, 0.2) is 0 Å². The lowest BCUT2D eigenvalue weighted by Gasteiger charge is -2.28. The second-order valence-corrected chi connectivity index (χ2v) is 7.47. The monoisotopic (exact) mass is 342 g/mol. The van der Waals surface area contributed by atoms with Crippen LogP contribution in [0.25, 0.3) is 5.69 Å². The van der Waals surface area contributed by atoms with Gasteiger partial charge in [0.2, 0.25) is 5.91 Å². The number of nitrogens with zero attached hydrogens (tertiary/aromatic N) is 3. The second kappa shape index (κ2) is 6.96. The summed E-state index contributed by atoms with van der Waals surface area (Å²) in [5.41, 5.74) is 1.06. The number of aromatic nitrogens is 3. The standard InChI is InChI=1S/C19H26N4O2/c1-13(2)17-15(10-11-25-17)18(24)20-19(3,4)16-12-23(22-21-16)14-8-6-5-7-9-14/h5-9,12-13,15,17H,10-11H2,1-4H3,(H,20,24)/t15-,17+/m0/s1. The van der Waals surface area contributed by atoms with Crippen molar-refractivity contribution in [1.82, 2.24) is 20.3 Å². The number of rotatable bonds is 5. The summed E-state index contributed by atoms with van der Waals surface area (Å²) < 4.78 is 7.46. The minimum Gasteiger partial charge on any atom is -0.377 e. The van der Waals surface area contributed by atoms with E-state index in [9.17, 15) is 4.79 Å². The van der Waals surface area contributed by atoms with Gasteiger partial charge in [-0.1, -0.05) is 37.3 Å². The molecule has 3 rings (SSSR count). The van der Waals surface area contributed by atoms with Crippen LogP contribution >= 0.6 is 0 Å². The van der Waals surface area contributed by atoms with Crippen molar-refractivity contribution < 1.29 is 9.53 Å². The number of amides is 1. The molecule has 1 amide bonds. The van der Waals surface area contributed by atoms with Crippen LogP contribution in [0.1, 0.15) is 39.8 Å². The van der Waals surface area contributed by atoms with E-state index in [-0.39, 0.29) is 17.9 Å². The first kappa shape index (κ1) is 17.6. The van der Waals surface area contributed by atoms with Crippen LogP contribution in [0.2, 0.25) is 0 Å². The predicted molar refractivity (Wildman–Crippen MR) is 95.2 cm³/mol. The highest BCUT2D eigenvalue weighted by atomic mass is 16.5. The van der Waals surface area contributed by atoms with Gasteiger partial charge in [-0.25, -0.2) is 4.68 Å². The molecule has 1 N–H and O–H groups in total. The summed E-state index contributed by atoms with van der Waals surface area (Å²) in [7, 11) is 0. The molecule has 6 nitrogen and oxygen atoms in total. The zero-order valence-electron chi connectivity index (χ0n) is 15.3. The Morgan fingerprint density at radius 1 is 1.32 bits per heavy atom. The average molecular weight is 342 g/mol. The zero-order valence-corrected chi connectivity index (χ0v) is 15.3. The Hall–Kier alpha value is -2.21. The van der Waals surface area contributed by atoms with Crippen LogP contribution in [-0.4, -0.2) is 33.6 Å². The topological polar surface area (TPSA) is 69.0 Å². The molecule has 1 aliphatic heterocycles. The fourth-order valence-electron chi connectivity index (χ4n) is 3.27. The smallest absolute Gasteiger partial charge is 0.226 e. The Labute approximate surface area is 148 Å². The molecule has 0 radical (unpaired) electrons. The molecular weight excluding hydrogens is 316 g/mol. The molecule has 6 heteroatoms. The lowest BCUT2D eigenvalue weighted by molar-refractivity contribution is -0.129. The lowest BCUT2D eigenvalue weighted by Crippen LogP contribution is -2.46. The van der Waals surface area contributed by atoms with E-state index < -0.39 is 5.54 Å². The molecule has 0 spiro atoms. The summed E-state index contributed by atoms with van der Waals surface area (Å²) in [6, 6.07) is 9.80. The number of nitrogens with one attached hydrogen (secondary N) is 1. The SMILES string of the molecule is CC(C)[C@H]1OCC[C@@H]1C(=O)NC(C)(C)c1cn(-c2ccccc2)nn1. The summed E-state index contributed by atoms with van der Waals surface area (Å²) in [4.78, 5) is 12.8. The summed E-state index contributed by atoms with van der Waals surface area (Å²) in [5, 5.41) is 11.6. The molecular formula is C19H26N4O2. The third-order valence-electron chi connectivity index (χ3n) is 4.72. The molecule has 2 heterocycles. The maximum atomic E-state index is 12.8. The molecule has 1 fully saturated rings. The number of carbonyl (C=O) groups excluding carboxylic acids is 1. The van der Waals surface area contributed by atoms with Crippen molar-refractivity contribution in [1.29, 1.82) is 0 Å². The molecule has 1 aromatic heterocycles. The Balaban J connectivity index is 1.74. The highest BCUT2D eigenvalue weighted by Crippen LogP contribution is 2.28. The van der Waals surface area contributed by atoms with Crippen LogP contribution in [0.3, 0.4) is 0 Å². The van der Waals surface area contributed by atoms with Crippen molar-refractivity contribution in [2.24, 2.45) is 11.8 Å². The molecule has 134 valence electrons. The van der Waals surface area contributed by atoms with Gasteiger partial charge in [0.1, 0.15) is 5.69 Å². The molecule has 0 saturated carbocycles. The fraction of sp³-hybridized carbons (Fsp3) is 0.526. The Morgan fingerprint density at radius 3 is 2.72 bits per heavy atom. The fourth-order valence-corrected chi connectivity index (χ4v) is 3.27. The number of hydrogen-bond acceptors (Lipinski definition) is 4. The highest BCUT2D eigenvalue weighted by molar-refractivity contribution is 5.80. The summed E-state index contributed by atoms with van der Waals surface area (Å²) in [5.74, 6) is 0.235. The van der Waals surface area contributed by atoms with Gasteiger partial charge < -0.3 is 10.1 Å². The van der Waals surface area contributed by atoms with E-state index in [0.29, 0.717) is 12.5 Å². The number of para-hydroxylation sites is 1. The van der Waals surface area contributed by atoms with E-state index in [1.54, 1.807) is 4.68 Å². The van der Waals surface area contributed by atoms with E-state index in [1.807, 2.05) is 50.4 Å². The zero-order chi connectivity index (χ0) is 18.0. The molecule has 1 aliphatic rings. The predicted octanol–water partition coefficient (Wildman–Crippen LogP) is 2.68. The average Bonchev–Trinajstić information content (AvgIpc) is 3.25. The molecule has 0 aliphatic carbocycles. The number of carbonyl (C=O) groups is 1. The number of hydrogen-bond donors (Lipinski definition) is 1. The molecule has 2 aromatic rings. The third-order valence-corrected chi connectivity index (χ3v) is 4.72. The van der Waals surface area contributed by atoms with Crippen molar-refractivity contribution >= 4 is 5.91 Å². The summed E-state index contributed by atoms with van der Waals surface area (Å²) in [6.45, 7) is 8.72. The van der Waals surface area contributed by atoms with Crippen molar-refractivity contribution in [2.45, 2.75) is 45.8 Å². The molecule has 0 bridgehead atoms. The summed E-state index contributed by atoms with van der Waals surface area (Å²) >= 11 is 0. The van der Waals surface area contributed by atoms with E-state index in [1.165, 1.54) is 0 Å². The van der Waals surface area contributed by atoms with Crippen molar-refractivity contribution in [3.63, 3.8) is 0 Å². The normalized spacial score (nSPS) is 20.8. The second-order valence-electron chi connectivity index (χ2n) is 7.47.